The molecular formula is C23H21FN4O3. The highest BCUT2D eigenvalue weighted by Gasteiger charge is 2.17. The summed E-state index contributed by atoms with van der Waals surface area (Å²) in [6.07, 6.45) is 3.02. The molecule has 4 rings (SSSR count). The van der Waals surface area contributed by atoms with E-state index in [1.807, 2.05) is 30.3 Å². The van der Waals surface area contributed by atoms with E-state index in [4.69, 9.17) is 0 Å². The maximum absolute atomic E-state index is 14.1. The van der Waals surface area contributed by atoms with Gasteiger partial charge in [0.05, 0.1) is 5.52 Å². The molecule has 0 unspecified atom stereocenters. The zero-order valence-corrected chi connectivity index (χ0v) is 16.7. The summed E-state index contributed by atoms with van der Waals surface area (Å²) in [7, 11) is 0. The number of nitrogens with zero attached hydrogens (tertiary/aromatic N) is 1. The smallest absolute Gasteiger partial charge is 0.329 e. The van der Waals surface area contributed by atoms with Gasteiger partial charge in [0.25, 0.3) is 5.56 Å². The van der Waals surface area contributed by atoms with Gasteiger partial charge in [-0.3, -0.25) is 9.59 Å². The zero-order valence-electron chi connectivity index (χ0n) is 16.7. The Morgan fingerprint density at radius 3 is 2.48 bits per heavy atom. The summed E-state index contributed by atoms with van der Waals surface area (Å²) >= 11 is 0. The van der Waals surface area contributed by atoms with Gasteiger partial charge >= 0.3 is 5.69 Å². The van der Waals surface area contributed by atoms with Crippen molar-refractivity contribution in [3.8, 4) is 11.1 Å². The van der Waals surface area contributed by atoms with Crippen LogP contribution in [0.1, 0.15) is 12.0 Å². The quantitative estimate of drug-likeness (QED) is 0.401. The second-order valence-electron chi connectivity index (χ2n) is 7.19. The third kappa shape index (κ3) is 4.32. The van der Waals surface area contributed by atoms with Gasteiger partial charge in [0.2, 0.25) is 5.91 Å². The third-order valence-electron chi connectivity index (χ3n) is 5.09. The van der Waals surface area contributed by atoms with Gasteiger partial charge in [-0.2, -0.15) is 0 Å². The van der Waals surface area contributed by atoms with Crippen LogP contribution in [0.3, 0.4) is 0 Å². The van der Waals surface area contributed by atoms with Crippen LogP contribution in [0.15, 0.2) is 70.4 Å². The molecule has 0 aliphatic heterocycles. The standard InChI is InChI=1S/C23H21FN4O3/c24-18-11-5-4-10-16(18)17-13-26-21-20(17)27-23(31)28(22(21)30)14-19(29)25-12-6-9-15-7-2-1-3-8-15/h1-5,7-8,10-11,13,26H,6,9,12,14H2,(H,25,29)(H,27,31). The Hall–Kier alpha value is -3.94. The van der Waals surface area contributed by atoms with Crippen LogP contribution < -0.4 is 16.6 Å². The molecule has 0 spiro atoms. The number of H-pyrrole nitrogens is 2. The van der Waals surface area contributed by atoms with Crippen LogP contribution >= 0.6 is 0 Å². The van der Waals surface area contributed by atoms with Crippen LogP contribution in [0, 0.1) is 5.82 Å². The number of halogens is 1. The van der Waals surface area contributed by atoms with E-state index in [1.54, 1.807) is 18.2 Å². The third-order valence-corrected chi connectivity index (χ3v) is 5.09. The summed E-state index contributed by atoms with van der Waals surface area (Å²) in [5, 5.41) is 2.73. The molecule has 1 amide bonds. The highest BCUT2D eigenvalue weighted by atomic mass is 19.1. The molecule has 4 aromatic rings. The summed E-state index contributed by atoms with van der Waals surface area (Å²) in [4.78, 5) is 42.9. The zero-order chi connectivity index (χ0) is 21.8. The Kier molecular flexibility index (Phi) is 5.79. The van der Waals surface area contributed by atoms with Gasteiger partial charge < -0.3 is 15.3 Å². The molecule has 7 nitrogen and oxygen atoms in total. The minimum atomic E-state index is -0.728. The SMILES string of the molecule is O=C(Cn1c(=O)[nH]c2c(-c3ccccc3F)c[nH]c2c1=O)NCCCc1ccccc1. The number of carbonyl (C=O) groups excluding carboxylic acids is 1. The minimum absolute atomic E-state index is 0.106. The van der Waals surface area contributed by atoms with Crippen molar-refractivity contribution in [2.24, 2.45) is 0 Å². The highest BCUT2D eigenvalue weighted by Crippen LogP contribution is 2.27. The van der Waals surface area contributed by atoms with Crippen molar-refractivity contribution in [2.45, 2.75) is 19.4 Å². The maximum Gasteiger partial charge on any atom is 0.329 e. The lowest BCUT2D eigenvalue weighted by Gasteiger charge is -2.07. The molecule has 0 bridgehead atoms. The summed E-state index contributed by atoms with van der Waals surface area (Å²) in [5.41, 5.74) is 0.758. The fraction of sp³-hybridized carbons (Fsp3) is 0.174. The van der Waals surface area contributed by atoms with Gasteiger partial charge in [0.1, 0.15) is 17.9 Å². The Morgan fingerprint density at radius 1 is 0.968 bits per heavy atom. The first-order valence-corrected chi connectivity index (χ1v) is 9.94. The predicted molar refractivity (Wildman–Crippen MR) is 116 cm³/mol. The average Bonchev–Trinajstić information content (AvgIpc) is 3.19. The van der Waals surface area contributed by atoms with E-state index in [2.05, 4.69) is 15.3 Å². The number of fused-ring (bicyclic) bond motifs is 1. The number of rotatable bonds is 7. The van der Waals surface area contributed by atoms with E-state index in [0.29, 0.717) is 12.1 Å². The monoisotopic (exact) mass is 420 g/mol. The Balaban J connectivity index is 1.48. The molecule has 0 fully saturated rings. The Morgan fingerprint density at radius 2 is 1.71 bits per heavy atom. The minimum Gasteiger partial charge on any atom is -0.355 e. The lowest BCUT2D eigenvalue weighted by atomic mass is 10.1. The molecule has 158 valence electrons. The molecular weight excluding hydrogens is 399 g/mol. The van der Waals surface area contributed by atoms with Crippen molar-refractivity contribution in [2.75, 3.05) is 6.54 Å². The van der Waals surface area contributed by atoms with E-state index in [1.165, 1.54) is 17.8 Å². The number of aromatic amines is 2. The topological polar surface area (TPSA) is 99.8 Å². The Labute approximate surface area is 176 Å². The highest BCUT2D eigenvalue weighted by molar-refractivity contribution is 5.92. The molecule has 2 heterocycles. The molecule has 0 saturated carbocycles. The lowest BCUT2D eigenvalue weighted by molar-refractivity contribution is -0.121. The normalized spacial score (nSPS) is 11.0. The summed E-state index contributed by atoms with van der Waals surface area (Å²) in [6.45, 7) is 0.0338. The first-order valence-electron chi connectivity index (χ1n) is 9.94. The van der Waals surface area contributed by atoms with E-state index in [9.17, 15) is 18.8 Å². The molecule has 8 heteroatoms. The van der Waals surface area contributed by atoms with Gasteiger partial charge in [-0.1, -0.05) is 48.5 Å². The number of hydrogen-bond donors (Lipinski definition) is 3. The van der Waals surface area contributed by atoms with Crippen LogP contribution in [0.5, 0.6) is 0 Å². The van der Waals surface area contributed by atoms with Crippen molar-refractivity contribution in [1.82, 2.24) is 19.9 Å². The van der Waals surface area contributed by atoms with Gasteiger partial charge in [-0.25, -0.2) is 13.8 Å². The van der Waals surface area contributed by atoms with Gasteiger partial charge in [-0.15, -0.1) is 0 Å². The molecule has 0 atom stereocenters. The number of benzene rings is 2. The molecule has 0 saturated heterocycles. The van der Waals surface area contributed by atoms with E-state index >= 15 is 0 Å². The predicted octanol–water partition coefficient (Wildman–Crippen LogP) is 2.57. The van der Waals surface area contributed by atoms with Crippen molar-refractivity contribution >= 4 is 16.9 Å². The van der Waals surface area contributed by atoms with E-state index < -0.39 is 29.5 Å². The molecule has 0 aliphatic carbocycles. The average molecular weight is 420 g/mol. The second-order valence-corrected chi connectivity index (χ2v) is 7.19. The van der Waals surface area contributed by atoms with Crippen LogP contribution in [0.2, 0.25) is 0 Å². The maximum atomic E-state index is 14.1. The van der Waals surface area contributed by atoms with Crippen molar-refractivity contribution in [3.05, 3.63) is 93.0 Å². The molecule has 2 aromatic carbocycles. The summed E-state index contributed by atoms with van der Waals surface area (Å²) < 4.78 is 15.0. The van der Waals surface area contributed by atoms with Crippen LogP contribution in [-0.4, -0.2) is 27.0 Å². The van der Waals surface area contributed by atoms with E-state index in [0.717, 1.165) is 17.4 Å². The van der Waals surface area contributed by atoms with Gasteiger partial charge in [-0.05, 0) is 24.5 Å². The fourth-order valence-electron chi connectivity index (χ4n) is 3.52. The first kappa shape index (κ1) is 20.3. The number of carbonyl (C=O) groups is 1. The summed E-state index contributed by atoms with van der Waals surface area (Å²) in [6, 6.07) is 16.0. The van der Waals surface area contributed by atoms with Crippen molar-refractivity contribution < 1.29 is 9.18 Å². The van der Waals surface area contributed by atoms with E-state index in [-0.39, 0.29) is 16.6 Å². The van der Waals surface area contributed by atoms with Crippen molar-refractivity contribution in [1.29, 1.82) is 0 Å². The number of nitrogens with one attached hydrogen (secondary N) is 3. The lowest BCUT2D eigenvalue weighted by Crippen LogP contribution is -2.40. The van der Waals surface area contributed by atoms with Crippen LogP contribution in [0.25, 0.3) is 22.2 Å². The molecule has 3 N–H and O–H groups in total. The molecule has 0 aliphatic rings. The van der Waals surface area contributed by atoms with Crippen molar-refractivity contribution in [3.63, 3.8) is 0 Å². The molecule has 2 aromatic heterocycles. The largest absolute Gasteiger partial charge is 0.355 e. The van der Waals surface area contributed by atoms with Crippen LogP contribution in [0.4, 0.5) is 4.39 Å². The van der Waals surface area contributed by atoms with Gasteiger partial charge in [0.15, 0.2) is 0 Å². The van der Waals surface area contributed by atoms with Crippen LogP contribution in [-0.2, 0) is 17.8 Å². The van der Waals surface area contributed by atoms with Gasteiger partial charge in [0, 0.05) is 23.9 Å². The molecule has 31 heavy (non-hydrogen) atoms. The first-order chi connectivity index (χ1) is 15.0. The number of hydrogen-bond acceptors (Lipinski definition) is 3. The summed E-state index contributed by atoms with van der Waals surface area (Å²) in [5.74, 6) is -0.899. The Bertz CT molecular complexity index is 1340. The number of aromatic nitrogens is 3. The number of amides is 1. The fourth-order valence-corrected chi connectivity index (χ4v) is 3.52. The number of aryl methyl sites for hydroxylation is 1. The molecule has 0 radical (unpaired) electrons. The second kappa shape index (κ2) is 8.83.